The highest BCUT2D eigenvalue weighted by atomic mass is 16.3. The van der Waals surface area contributed by atoms with Gasteiger partial charge in [0.25, 0.3) is 0 Å². The van der Waals surface area contributed by atoms with Crippen molar-refractivity contribution in [2.45, 2.75) is 63.6 Å². The second kappa shape index (κ2) is 11.2. The van der Waals surface area contributed by atoms with Gasteiger partial charge >= 0.3 is 0 Å². The van der Waals surface area contributed by atoms with E-state index in [9.17, 15) is 15.3 Å². The molecule has 2 unspecified atom stereocenters. The van der Waals surface area contributed by atoms with Gasteiger partial charge in [0.15, 0.2) is 0 Å². The number of aliphatic hydroxyl groups excluding tert-OH is 1. The van der Waals surface area contributed by atoms with Gasteiger partial charge in [0.1, 0.15) is 11.4 Å². The first-order valence-electron chi connectivity index (χ1n) is 13.3. The standard InChI is InChI=1S/C32H41NO3/c1-31(2,3)25-16-14-24(15-17-25)30(35)13-8-20-33-21-18-27(19-22-33)32(36,26-9-5-4-6-10-26)28-11-7-12-29(34)23-28/h4-7,9-12,14-17,23,27,30,34-36H,8,13,18-22H2,1-3H3. The fraction of sp³-hybridized carbons (Fsp3) is 0.438. The van der Waals surface area contributed by atoms with Gasteiger partial charge in [0.05, 0.1) is 6.10 Å². The highest BCUT2D eigenvalue weighted by Gasteiger charge is 2.41. The van der Waals surface area contributed by atoms with Crippen molar-refractivity contribution in [3.8, 4) is 5.75 Å². The summed E-state index contributed by atoms with van der Waals surface area (Å²) in [6, 6.07) is 25.3. The SMILES string of the molecule is CC(C)(C)c1ccc(C(O)CCCN2CCC(C(O)(c3ccccc3)c3cccc(O)c3)CC2)cc1. The molecule has 4 rings (SSSR count). The minimum absolute atomic E-state index is 0.0601. The van der Waals surface area contributed by atoms with Crippen LogP contribution in [-0.2, 0) is 11.0 Å². The molecule has 192 valence electrons. The molecule has 2 atom stereocenters. The minimum Gasteiger partial charge on any atom is -0.508 e. The van der Waals surface area contributed by atoms with Crippen LogP contribution in [0.3, 0.4) is 0 Å². The summed E-state index contributed by atoms with van der Waals surface area (Å²) in [5.41, 5.74) is 2.86. The molecule has 0 bridgehead atoms. The molecule has 4 nitrogen and oxygen atoms in total. The fourth-order valence-electron chi connectivity index (χ4n) is 5.53. The summed E-state index contributed by atoms with van der Waals surface area (Å²) in [7, 11) is 0. The number of phenolic OH excluding ortho intramolecular Hbond substituents is 1. The maximum Gasteiger partial charge on any atom is 0.118 e. The Morgan fingerprint density at radius 2 is 1.47 bits per heavy atom. The molecule has 36 heavy (non-hydrogen) atoms. The molecule has 0 aliphatic carbocycles. The van der Waals surface area contributed by atoms with E-state index in [0.717, 1.165) is 62.0 Å². The molecule has 0 amide bonds. The topological polar surface area (TPSA) is 63.9 Å². The van der Waals surface area contributed by atoms with E-state index in [1.165, 1.54) is 5.56 Å². The van der Waals surface area contributed by atoms with E-state index < -0.39 is 11.7 Å². The van der Waals surface area contributed by atoms with E-state index in [0.29, 0.717) is 0 Å². The number of hydrogen-bond donors (Lipinski definition) is 3. The third-order valence-electron chi connectivity index (χ3n) is 7.79. The number of benzene rings is 3. The van der Waals surface area contributed by atoms with Gasteiger partial charge in [-0.15, -0.1) is 0 Å². The lowest BCUT2D eigenvalue weighted by Crippen LogP contribution is -2.44. The average molecular weight is 488 g/mol. The number of piperidine rings is 1. The first-order chi connectivity index (χ1) is 17.2. The summed E-state index contributed by atoms with van der Waals surface area (Å²) in [6.07, 6.45) is 2.98. The third kappa shape index (κ3) is 6.00. The Labute approximate surface area is 216 Å². The Kier molecular flexibility index (Phi) is 8.19. The molecule has 0 spiro atoms. The normalized spacial score (nSPS) is 18.0. The second-order valence-corrected chi connectivity index (χ2v) is 11.3. The summed E-state index contributed by atoms with van der Waals surface area (Å²) >= 11 is 0. The Morgan fingerprint density at radius 3 is 2.08 bits per heavy atom. The number of rotatable bonds is 8. The number of hydrogen-bond acceptors (Lipinski definition) is 4. The van der Waals surface area contributed by atoms with Gasteiger partial charge in [-0.2, -0.15) is 0 Å². The van der Waals surface area contributed by atoms with Crippen molar-refractivity contribution < 1.29 is 15.3 Å². The lowest BCUT2D eigenvalue weighted by molar-refractivity contribution is -0.0147. The predicted molar refractivity (Wildman–Crippen MR) is 146 cm³/mol. The van der Waals surface area contributed by atoms with E-state index in [1.54, 1.807) is 18.2 Å². The lowest BCUT2D eigenvalue weighted by atomic mass is 9.72. The van der Waals surface area contributed by atoms with Crippen molar-refractivity contribution in [3.05, 3.63) is 101 Å². The van der Waals surface area contributed by atoms with Gasteiger partial charge in [-0.05, 0) is 91.0 Å². The largest absolute Gasteiger partial charge is 0.508 e. The zero-order valence-corrected chi connectivity index (χ0v) is 21.9. The summed E-state index contributed by atoms with van der Waals surface area (Å²) in [5, 5.41) is 32.9. The van der Waals surface area contributed by atoms with Crippen molar-refractivity contribution >= 4 is 0 Å². The molecule has 0 aromatic heterocycles. The van der Waals surface area contributed by atoms with Crippen LogP contribution in [0.4, 0.5) is 0 Å². The Balaban J connectivity index is 1.34. The van der Waals surface area contributed by atoms with Gasteiger partial charge in [0, 0.05) is 0 Å². The van der Waals surface area contributed by atoms with Crippen LogP contribution >= 0.6 is 0 Å². The molecule has 1 fully saturated rings. The van der Waals surface area contributed by atoms with Crippen LogP contribution in [0.5, 0.6) is 5.75 Å². The van der Waals surface area contributed by atoms with Crippen molar-refractivity contribution in [3.63, 3.8) is 0 Å². The molecule has 1 saturated heterocycles. The molecule has 1 aliphatic rings. The highest BCUT2D eigenvalue weighted by Crippen LogP contribution is 2.42. The van der Waals surface area contributed by atoms with E-state index in [2.05, 4.69) is 49.9 Å². The van der Waals surface area contributed by atoms with Crippen LogP contribution in [-0.4, -0.2) is 39.9 Å². The molecule has 4 heteroatoms. The first kappa shape index (κ1) is 26.4. The van der Waals surface area contributed by atoms with Crippen LogP contribution in [0.1, 0.15) is 74.8 Å². The molecule has 1 aliphatic heterocycles. The first-order valence-corrected chi connectivity index (χ1v) is 13.3. The molecular formula is C32H41NO3. The zero-order valence-electron chi connectivity index (χ0n) is 21.9. The van der Waals surface area contributed by atoms with Crippen molar-refractivity contribution in [2.24, 2.45) is 5.92 Å². The van der Waals surface area contributed by atoms with E-state index in [4.69, 9.17) is 0 Å². The van der Waals surface area contributed by atoms with Crippen LogP contribution in [0.25, 0.3) is 0 Å². The number of aromatic hydroxyl groups is 1. The third-order valence-corrected chi connectivity index (χ3v) is 7.79. The van der Waals surface area contributed by atoms with Gasteiger partial charge < -0.3 is 20.2 Å². The number of aliphatic hydroxyl groups is 2. The lowest BCUT2D eigenvalue weighted by Gasteiger charge is -2.42. The molecule has 0 saturated carbocycles. The highest BCUT2D eigenvalue weighted by molar-refractivity contribution is 5.40. The van der Waals surface area contributed by atoms with Crippen LogP contribution in [0.15, 0.2) is 78.9 Å². The van der Waals surface area contributed by atoms with E-state index >= 15 is 0 Å². The summed E-state index contributed by atoms with van der Waals surface area (Å²) in [5.74, 6) is 0.232. The quantitative estimate of drug-likeness (QED) is 0.356. The zero-order chi connectivity index (χ0) is 25.8. The molecule has 1 heterocycles. The maximum absolute atomic E-state index is 12.1. The molecule has 0 radical (unpaired) electrons. The molecule has 3 aromatic carbocycles. The van der Waals surface area contributed by atoms with Gasteiger partial charge in [-0.3, -0.25) is 0 Å². The summed E-state index contributed by atoms with van der Waals surface area (Å²) in [4.78, 5) is 2.44. The smallest absolute Gasteiger partial charge is 0.118 e. The van der Waals surface area contributed by atoms with Crippen molar-refractivity contribution in [1.82, 2.24) is 4.90 Å². The van der Waals surface area contributed by atoms with Crippen LogP contribution in [0.2, 0.25) is 0 Å². The summed E-state index contributed by atoms with van der Waals surface area (Å²) in [6.45, 7) is 9.37. The summed E-state index contributed by atoms with van der Waals surface area (Å²) < 4.78 is 0. The minimum atomic E-state index is -1.14. The number of likely N-dealkylation sites (tertiary alicyclic amines) is 1. The Hall–Kier alpha value is -2.66. The molecule has 3 aromatic rings. The predicted octanol–water partition coefficient (Wildman–Crippen LogP) is 6.15. The van der Waals surface area contributed by atoms with Gasteiger partial charge in [-0.25, -0.2) is 0 Å². The number of nitrogens with zero attached hydrogens (tertiary/aromatic N) is 1. The fourth-order valence-corrected chi connectivity index (χ4v) is 5.53. The Morgan fingerprint density at radius 1 is 0.833 bits per heavy atom. The van der Waals surface area contributed by atoms with E-state index in [-0.39, 0.29) is 17.1 Å². The van der Waals surface area contributed by atoms with Gasteiger partial charge in [0.2, 0.25) is 0 Å². The van der Waals surface area contributed by atoms with Gasteiger partial charge in [-0.1, -0.05) is 87.5 Å². The van der Waals surface area contributed by atoms with Crippen molar-refractivity contribution in [1.29, 1.82) is 0 Å². The van der Waals surface area contributed by atoms with Crippen LogP contribution < -0.4 is 0 Å². The molecule has 3 N–H and O–H groups in total. The van der Waals surface area contributed by atoms with E-state index in [1.807, 2.05) is 36.4 Å². The van der Waals surface area contributed by atoms with Crippen molar-refractivity contribution in [2.75, 3.05) is 19.6 Å². The maximum atomic E-state index is 12.1. The number of phenols is 1. The Bertz CT molecular complexity index is 1100. The monoisotopic (exact) mass is 487 g/mol. The van der Waals surface area contributed by atoms with Crippen LogP contribution in [0, 0.1) is 5.92 Å². The molecular weight excluding hydrogens is 446 g/mol. The second-order valence-electron chi connectivity index (χ2n) is 11.3. The average Bonchev–Trinajstić information content (AvgIpc) is 2.88.